The first kappa shape index (κ1) is 21.7. The van der Waals surface area contributed by atoms with E-state index in [0.29, 0.717) is 0 Å². The first-order chi connectivity index (χ1) is 12.1. The summed E-state index contributed by atoms with van der Waals surface area (Å²) < 4.78 is 26.0. The molecule has 0 N–H and O–H groups in total. The number of esters is 4. The molecular formula is C15H19NO9S. The van der Waals surface area contributed by atoms with Gasteiger partial charge >= 0.3 is 23.9 Å². The van der Waals surface area contributed by atoms with E-state index in [2.05, 4.69) is 22.4 Å². The summed E-state index contributed by atoms with van der Waals surface area (Å²) in [5.74, 6) is -2.74. The average molecular weight is 389 g/mol. The van der Waals surface area contributed by atoms with E-state index in [4.69, 9.17) is 23.7 Å². The van der Waals surface area contributed by atoms with Crippen molar-refractivity contribution in [3.05, 3.63) is 0 Å². The fourth-order valence-corrected chi connectivity index (χ4v) is 2.47. The van der Waals surface area contributed by atoms with E-state index in [1.165, 1.54) is 6.92 Å². The van der Waals surface area contributed by atoms with Crippen LogP contribution in [-0.4, -0.2) is 66.3 Å². The molecule has 144 valence electrons. The van der Waals surface area contributed by atoms with Gasteiger partial charge in [-0.2, -0.15) is 4.99 Å². The summed E-state index contributed by atoms with van der Waals surface area (Å²) in [5, 5.41) is 2.09. The maximum atomic E-state index is 11.5. The molecule has 0 unspecified atom stereocenters. The van der Waals surface area contributed by atoms with Crippen LogP contribution in [0.25, 0.3) is 0 Å². The molecule has 0 saturated carbocycles. The highest BCUT2D eigenvalue weighted by atomic mass is 32.1. The lowest BCUT2D eigenvalue weighted by atomic mass is 9.97. The van der Waals surface area contributed by atoms with E-state index in [-0.39, 0.29) is 6.61 Å². The molecule has 1 rings (SSSR count). The van der Waals surface area contributed by atoms with E-state index in [0.717, 1.165) is 20.8 Å². The third kappa shape index (κ3) is 6.51. The number of carbonyl (C=O) groups excluding carboxylic acids is 4. The van der Waals surface area contributed by atoms with Crippen LogP contribution in [0, 0.1) is 0 Å². The second-order valence-electron chi connectivity index (χ2n) is 5.31. The van der Waals surface area contributed by atoms with Gasteiger partial charge in [-0.3, -0.25) is 19.2 Å². The zero-order valence-electron chi connectivity index (χ0n) is 14.6. The second kappa shape index (κ2) is 9.95. The quantitative estimate of drug-likeness (QED) is 0.268. The Kier molecular flexibility index (Phi) is 8.30. The van der Waals surface area contributed by atoms with Crippen LogP contribution in [0.3, 0.4) is 0 Å². The van der Waals surface area contributed by atoms with E-state index in [1.807, 2.05) is 0 Å². The molecule has 1 fully saturated rings. The molecule has 1 aliphatic heterocycles. The number of rotatable bonds is 6. The van der Waals surface area contributed by atoms with Crippen LogP contribution in [0.15, 0.2) is 4.99 Å². The van der Waals surface area contributed by atoms with Crippen LogP contribution in [0.1, 0.15) is 27.7 Å². The van der Waals surface area contributed by atoms with Gasteiger partial charge in [0.05, 0.1) is 5.16 Å². The lowest BCUT2D eigenvalue weighted by molar-refractivity contribution is -0.250. The monoisotopic (exact) mass is 389 g/mol. The van der Waals surface area contributed by atoms with Crippen LogP contribution in [0.2, 0.25) is 0 Å². The number of nitrogens with zero attached hydrogens (tertiary/aromatic N) is 1. The van der Waals surface area contributed by atoms with E-state index >= 15 is 0 Å². The minimum absolute atomic E-state index is 0.318. The van der Waals surface area contributed by atoms with Crippen molar-refractivity contribution in [2.45, 2.75) is 58.3 Å². The summed E-state index contributed by atoms with van der Waals surface area (Å²) in [4.78, 5) is 49.3. The number of carbonyl (C=O) groups is 4. The lowest BCUT2D eigenvalue weighted by Crippen LogP contribution is -2.61. The standard InChI is InChI=1S/C15H19NO9S/c1-7(17)21-5-11-12(22-8(2)18)13(23-9(3)19)14(24-10(4)20)15(25-11)16-6-26/h11-15H,5H2,1-4H3/t11-,12-,13+,14+,15-/m1/s1. The van der Waals surface area contributed by atoms with Gasteiger partial charge in [0.1, 0.15) is 12.7 Å². The molecule has 0 aromatic carbocycles. The molecule has 10 nitrogen and oxygen atoms in total. The maximum absolute atomic E-state index is 11.5. The molecule has 1 saturated heterocycles. The van der Waals surface area contributed by atoms with Crippen LogP contribution in [0.4, 0.5) is 0 Å². The van der Waals surface area contributed by atoms with Crippen molar-refractivity contribution < 1.29 is 42.9 Å². The van der Waals surface area contributed by atoms with Crippen molar-refractivity contribution >= 4 is 41.3 Å². The summed E-state index contributed by atoms with van der Waals surface area (Å²) in [6, 6.07) is 0. The second-order valence-corrected chi connectivity index (χ2v) is 5.49. The molecule has 0 radical (unpaired) electrons. The molecule has 5 atom stereocenters. The van der Waals surface area contributed by atoms with Gasteiger partial charge in [0.2, 0.25) is 0 Å². The summed E-state index contributed by atoms with van der Waals surface area (Å²) in [7, 11) is 0. The van der Waals surface area contributed by atoms with Crippen LogP contribution < -0.4 is 0 Å². The van der Waals surface area contributed by atoms with E-state index in [1.54, 1.807) is 0 Å². The molecule has 0 spiro atoms. The summed E-state index contributed by atoms with van der Waals surface area (Å²) in [6.45, 7) is 4.26. The zero-order valence-corrected chi connectivity index (χ0v) is 15.4. The lowest BCUT2D eigenvalue weighted by Gasteiger charge is -2.42. The molecule has 1 heterocycles. The van der Waals surface area contributed by atoms with Crippen LogP contribution in [-0.2, 0) is 42.9 Å². The summed E-state index contributed by atoms with van der Waals surface area (Å²) >= 11 is 4.55. The highest BCUT2D eigenvalue weighted by Gasteiger charge is 2.52. The average Bonchev–Trinajstić information content (AvgIpc) is 2.50. The van der Waals surface area contributed by atoms with Gasteiger partial charge in [-0.15, -0.1) is 0 Å². The first-order valence-electron chi connectivity index (χ1n) is 7.53. The molecule has 0 bridgehead atoms. The topological polar surface area (TPSA) is 127 Å². The van der Waals surface area contributed by atoms with Crippen molar-refractivity contribution in [3.8, 4) is 0 Å². The van der Waals surface area contributed by atoms with Crippen LogP contribution >= 0.6 is 12.2 Å². The van der Waals surface area contributed by atoms with Gasteiger partial charge in [0, 0.05) is 27.7 Å². The fourth-order valence-electron chi connectivity index (χ4n) is 2.36. The molecule has 0 aromatic rings. The van der Waals surface area contributed by atoms with Crippen molar-refractivity contribution in [1.29, 1.82) is 0 Å². The minimum atomic E-state index is -1.26. The number of thiocarbonyl (C=S) groups is 1. The number of hydrogen-bond acceptors (Lipinski definition) is 11. The van der Waals surface area contributed by atoms with Crippen molar-refractivity contribution in [1.82, 2.24) is 0 Å². The Hall–Kier alpha value is -2.36. The van der Waals surface area contributed by atoms with Crippen molar-refractivity contribution in [2.75, 3.05) is 6.61 Å². The SMILES string of the molecule is CC(=O)OC[C@H]1O[C@@H](N=C=S)[C@@H](OC(C)=O)[C@@H](OC(C)=O)[C@@H]1OC(C)=O. The van der Waals surface area contributed by atoms with Crippen molar-refractivity contribution in [3.63, 3.8) is 0 Å². The molecular weight excluding hydrogens is 370 g/mol. The van der Waals surface area contributed by atoms with Gasteiger partial charge < -0.3 is 23.7 Å². The van der Waals surface area contributed by atoms with Gasteiger partial charge in [-0.1, -0.05) is 0 Å². The first-order valence-corrected chi connectivity index (χ1v) is 7.94. The summed E-state index contributed by atoms with van der Waals surface area (Å²) in [5.41, 5.74) is 0. The van der Waals surface area contributed by atoms with Gasteiger partial charge in [0.15, 0.2) is 24.5 Å². The minimum Gasteiger partial charge on any atom is -0.463 e. The van der Waals surface area contributed by atoms with E-state index < -0.39 is 54.5 Å². The Labute approximate surface area is 154 Å². The molecule has 0 aliphatic carbocycles. The Morgan fingerprint density at radius 1 is 0.885 bits per heavy atom. The third-order valence-electron chi connectivity index (χ3n) is 3.15. The van der Waals surface area contributed by atoms with Gasteiger partial charge in [-0.25, -0.2) is 0 Å². The number of aliphatic imine (C=N–C) groups is 1. The smallest absolute Gasteiger partial charge is 0.303 e. The van der Waals surface area contributed by atoms with E-state index in [9.17, 15) is 19.2 Å². The molecule has 26 heavy (non-hydrogen) atoms. The van der Waals surface area contributed by atoms with Crippen LogP contribution in [0.5, 0.6) is 0 Å². The summed E-state index contributed by atoms with van der Waals surface area (Å²) in [6.07, 6.45) is -5.96. The van der Waals surface area contributed by atoms with Gasteiger partial charge in [0.25, 0.3) is 0 Å². The molecule has 11 heteroatoms. The Bertz CT molecular complexity index is 616. The largest absolute Gasteiger partial charge is 0.463 e. The number of hydrogen-bond donors (Lipinski definition) is 0. The Morgan fingerprint density at radius 2 is 1.38 bits per heavy atom. The molecule has 0 aromatic heterocycles. The molecule has 1 aliphatic rings. The number of ether oxygens (including phenoxy) is 5. The van der Waals surface area contributed by atoms with Crippen molar-refractivity contribution in [2.24, 2.45) is 4.99 Å². The van der Waals surface area contributed by atoms with Gasteiger partial charge in [-0.05, 0) is 12.2 Å². The number of isothiocyanates is 1. The fraction of sp³-hybridized carbons (Fsp3) is 0.667. The maximum Gasteiger partial charge on any atom is 0.303 e. The molecule has 0 amide bonds. The highest BCUT2D eigenvalue weighted by molar-refractivity contribution is 7.78. The highest BCUT2D eigenvalue weighted by Crippen LogP contribution is 2.29. The Morgan fingerprint density at radius 3 is 1.85 bits per heavy atom. The Balaban J connectivity index is 3.28. The third-order valence-corrected chi connectivity index (χ3v) is 3.25. The zero-order chi connectivity index (χ0) is 19.9. The predicted octanol–water partition coefficient (Wildman–Crippen LogP) is 0.172. The predicted molar refractivity (Wildman–Crippen MR) is 87.0 cm³/mol. The normalized spacial score (nSPS) is 27.5.